The van der Waals surface area contributed by atoms with Gasteiger partial charge in [-0.2, -0.15) is 5.10 Å². The van der Waals surface area contributed by atoms with Crippen LogP contribution in [0.15, 0.2) is 108 Å². The highest BCUT2D eigenvalue weighted by Gasteiger charge is 2.16. The molecule has 0 unspecified atom stereocenters. The summed E-state index contributed by atoms with van der Waals surface area (Å²) in [7, 11) is 0. The molecule has 0 atom stereocenters. The lowest BCUT2D eigenvalue weighted by Crippen LogP contribution is -2.24. The Labute approximate surface area is 241 Å². The second kappa shape index (κ2) is 9.87. The van der Waals surface area contributed by atoms with E-state index in [1.807, 2.05) is 78.9 Å². The summed E-state index contributed by atoms with van der Waals surface area (Å²) in [5.74, 6) is 0.441. The van der Waals surface area contributed by atoms with E-state index in [1.54, 1.807) is 10.7 Å². The van der Waals surface area contributed by atoms with Gasteiger partial charge in [0.15, 0.2) is 0 Å². The molecule has 0 fully saturated rings. The first-order valence-corrected chi connectivity index (χ1v) is 14.0. The number of fused-ring (bicyclic) bond motifs is 5. The number of amides is 1. The molecule has 4 aromatic carbocycles. The first-order chi connectivity index (χ1) is 20.7. The third kappa shape index (κ3) is 4.25. The zero-order valence-corrected chi connectivity index (χ0v) is 22.6. The molecule has 4 heterocycles. The quantitative estimate of drug-likeness (QED) is 0.215. The Morgan fingerprint density at radius 2 is 1.71 bits per heavy atom. The predicted octanol–water partition coefficient (Wildman–Crippen LogP) is 6.94. The highest BCUT2D eigenvalue weighted by molar-refractivity contribution is 6.09. The number of carbonyl (C=O) groups excluding carboxylic acids is 1. The molecule has 1 aliphatic heterocycles. The summed E-state index contributed by atoms with van der Waals surface area (Å²) in [5.41, 5.74) is 8.91. The number of carbonyl (C=O) groups is 1. The highest BCUT2D eigenvalue weighted by atomic mass is 16.3. The Morgan fingerprint density at radius 3 is 2.64 bits per heavy atom. The number of benzene rings is 4. The Kier molecular flexibility index (Phi) is 5.72. The maximum absolute atomic E-state index is 12.9. The van der Waals surface area contributed by atoms with E-state index >= 15 is 0 Å². The number of hydrogen-bond acceptors (Lipinski definition) is 6. The Balaban J connectivity index is 1.08. The summed E-state index contributed by atoms with van der Waals surface area (Å²) < 4.78 is 8.04. The van der Waals surface area contributed by atoms with Crippen molar-refractivity contribution in [1.82, 2.24) is 19.9 Å². The number of rotatable bonds is 5. The summed E-state index contributed by atoms with van der Waals surface area (Å²) in [4.78, 5) is 17.9. The van der Waals surface area contributed by atoms with Crippen molar-refractivity contribution >= 4 is 50.7 Å². The summed E-state index contributed by atoms with van der Waals surface area (Å²) in [5, 5.41) is 16.4. The fourth-order valence-corrected chi connectivity index (χ4v) is 5.69. The molecule has 8 heteroatoms. The van der Waals surface area contributed by atoms with Crippen LogP contribution in [0.1, 0.15) is 21.5 Å². The average Bonchev–Trinajstić information content (AvgIpc) is 3.67. The summed E-state index contributed by atoms with van der Waals surface area (Å²) in [6, 6.07) is 31.7. The molecule has 8 nitrogen and oxygen atoms in total. The summed E-state index contributed by atoms with van der Waals surface area (Å²) in [6.07, 6.45) is 2.74. The van der Waals surface area contributed by atoms with Gasteiger partial charge in [-0.25, -0.2) is 9.50 Å². The van der Waals surface area contributed by atoms with Crippen LogP contribution in [0.3, 0.4) is 0 Å². The lowest BCUT2D eigenvalue weighted by molar-refractivity contribution is 0.102. The van der Waals surface area contributed by atoms with E-state index in [4.69, 9.17) is 9.40 Å². The molecule has 42 heavy (non-hydrogen) atoms. The average molecular weight is 551 g/mol. The molecule has 0 saturated carbocycles. The molecule has 3 aromatic heterocycles. The summed E-state index contributed by atoms with van der Waals surface area (Å²) in [6.45, 7) is 1.77. The normalized spacial score (nSPS) is 13.0. The molecule has 0 aliphatic carbocycles. The van der Waals surface area contributed by atoms with E-state index in [1.165, 1.54) is 11.1 Å². The Hall–Kier alpha value is -5.47. The largest absolute Gasteiger partial charge is 0.455 e. The number of nitrogens with one attached hydrogen (secondary N) is 3. The molecule has 3 N–H and O–H groups in total. The van der Waals surface area contributed by atoms with Crippen molar-refractivity contribution < 1.29 is 9.21 Å². The van der Waals surface area contributed by atoms with Crippen LogP contribution in [0, 0.1) is 0 Å². The van der Waals surface area contributed by atoms with Gasteiger partial charge < -0.3 is 20.4 Å². The molecule has 7 aromatic rings. The molecule has 0 radical (unpaired) electrons. The van der Waals surface area contributed by atoms with E-state index in [9.17, 15) is 4.79 Å². The van der Waals surface area contributed by atoms with E-state index in [0.717, 1.165) is 63.9 Å². The minimum absolute atomic E-state index is 0.128. The van der Waals surface area contributed by atoms with Crippen LogP contribution in [0.25, 0.3) is 38.7 Å². The van der Waals surface area contributed by atoms with Crippen molar-refractivity contribution in [2.24, 2.45) is 0 Å². The first kappa shape index (κ1) is 24.3. The fraction of sp³-hybridized carbons (Fsp3) is 0.0882. The second-order valence-electron chi connectivity index (χ2n) is 10.5. The van der Waals surface area contributed by atoms with Crippen molar-refractivity contribution in [1.29, 1.82) is 0 Å². The van der Waals surface area contributed by atoms with Crippen molar-refractivity contribution in [2.45, 2.75) is 13.0 Å². The van der Waals surface area contributed by atoms with Crippen LogP contribution in [0.5, 0.6) is 0 Å². The second-order valence-corrected chi connectivity index (χ2v) is 10.5. The molecule has 8 rings (SSSR count). The van der Waals surface area contributed by atoms with Crippen LogP contribution in [0.4, 0.5) is 17.3 Å². The Bertz CT molecular complexity index is 2130. The van der Waals surface area contributed by atoms with E-state index < -0.39 is 0 Å². The minimum atomic E-state index is -0.128. The third-order valence-corrected chi connectivity index (χ3v) is 7.82. The molecule has 204 valence electrons. The van der Waals surface area contributed by atoms with Gasteiger partial charge in [-0.1, -0.05) is 36.4 Å². The Morgan fingerprint density at radius 1 is 0.857 bits per heavy atom. The van der Waals surface area contributed by atoms with Gasteiger partial charge in [0, 0.05) is 39.8 Å². The number of para-hydroxylation sites is 2. The topological polar surface area (TPSA) is 96.5 Å². The van der Waals surface area contributed by atoms with Crippen LogP contribution >= 0.6 is 0 Å². The number of aromatic nitrogens is 3. The van der Waals surface area contributed by atoms with Crippen LogP contribution in [0.2, 0.25) is 0 Å². The monoisotopic (exact) mass is 550 g/mol. The van der Waals surface area contributed by atoms with Gasteiger partial charge in [0.2, 0.25) is 5.95 Å². The lowest BCUT2D eigenvalue weighted by atomic mass is 9.98. The number of nitrogens with zero attached hydrogens (tertiary/aromatic N) is 3. The van der Waals surface area contributed by atoms with Gasteiger partial charge >= 0.3 is 0 Å². The lowest BCUT2D eigenvalue weighted by Gasteiger charge is -2.17. The van der Waals surface area contributed by atoms with Crippen LogP contribution in [-0.2, 0) is 13.0 Å². The standard InChI is InChI=1S/C34H26N6O2/c41-33(22-9-8-21-14-16-35-20-23(21)18-22)37-24-10-12-25(13-11-24)38-34-39-30(19-26-15-17-36-40(26)34)29-6-3-5-28-27-4-1-2-7-31(27)42-32(28)29/h1-13,15,17-19,35H,14,16,20H2,(H,37,41)(H,38,39). The first-order valence-electron chi connectivity index (χ1n) is 14.0. The van der Waals surface area contributed by atoms with Crippen molar-refractivity contribution in [2.75, 3.05) is 17.2 Å². The molecule has 1 aliphatic rings. The third-order valence-electron chi connectivity index (χ3n) is 7.82. The van der Waals surface area contributed by atoms with Gasteiger partial charge in [0.1, 0.15) is 11.2 Å². The van der Waals surface area contributed by atoms with E-state index in [0.29, 0.717) is 17.2 Å². The molecule has 1 amide bonds. The number of hydrogen-bond donors (Lipinski definition) is 3. The molecule has 0 saturated heterocycles. The maximum Gasteiger partial charge on any atom is 0.255 e. The zero-order chi connectivity index (χ0) is 28.0. The van der Waals surface area contributed by atoms with Crippen molar-refractivity contribution in [3.8, 4) is 11.3 Å². The van der Waals surface area contributed by atoms with Gasteiger partial charge in [0.05, 0.1) is 17.4 Å². The van der Waals surface area contributed by atoms with Gasteiger partial charge in [-0.3, -0.25) is 4.79 Å². The SMILES string of the molecule is O=C(Nc1ccc(Nc2nc(-c3cccc4c3oc3ccccc34)cc3ccnn23)cc1)c1ccc2c(c1)CNCC2. The molecular weight excluding hydrogens is 524 g/mol. The maximum atomic E-state index is 12.9. The van der Waals surface area contributed by atoms with Gasteiger partial charge in [-0.05, 0) is 84.8 Å². The van der Waals surface area contributed by atoms with Gasteiger partial charge in [0.25, 0.3) is 5.91 Å². The molecule has 0 bridgehead atoms. The fourth-order valence-electron chi connectivity index (χ4n) is 5.69. The van der Waals surface area contributed by atoms with Gasteiger partial charge in [-0.15, -0.1) is 0 Å². The predicted molar refractivity (Wildman–Crippen MR) is 165 cm³/mol. The van der Waals surface area contributed by atoms with Crippen molar-refractivity contribution in [3.05, 3.63) is 120 Å². The number of anilines is 3. The van der Waals surface area contributed by atoms with E-state index in [-0.39, 0.29) is 5.91 Å². The highest BCUT2D eigenvalue weighted by Crippen LogP contribution is 2.36. The molecular formula is C34H26N6O2. The van der Waals surface area contributed by atoms with Crippen LogP contribution < -0.4 is 16.0 Å². The van der Waals surface area contributed by atoms with E-state index in [2.05, 4.69) is 39.2 Å². The number of furan rings is 1. The molecule has 0 spiro atoms. The van der Waals surface area contributed by atoms with Crippen LogP contribution in [-0.4, -0.2) is 27.0 Å². The van der Waals surface area contributed by atoms with Crippen molar-refractivity contribution in [3.63, 3.8) is 0 Å². The zero-order valence-electron chi connectivity index (χ0n) is 22.6. The minimum Gasteiger partial charge on any atom is -0.455 e. The smallest absolute Gasteiger partial charge is 0.255 e. The summed E-state index contributed by atoms with van der Waals surface area (Å²) >= 11 is 0.